The molecule has 0 saturated carbocycles. The van der Waals surface area contributed by atoms with E-state index < -0.39 is 0 Å². The normalized spacial score (nSPS) is 10.0. The first-order valence-electron chi connectivity index (χ1n) is 4.53. The van der Waals surface area contributed by atoms with Crippen molar-refractivity contribution in [1.29, 1.82) is 5.26 Å². The third kappa shape index (κ3) is 1.33. The molecular formula is C12H10N2. The highest BCUT2D eigenvalue weighted by atomic mass is 14.6. The minimum atomic E-state index is 0.447. The summed E-state index contributed by atoms with van der Waals surface area (Å²) in [5, 5.41) is 9.77. The minimum Gasteiger partial charge on any atom is -0.256 e. The van der Waals surface area contributed by atoms with Crippen molar-refractivity contribution in [3.63, 3.8) is 0 Å². The summed E-state index contributed by atoms with van der Waals surface area (Å²) in [6.45, 7) is 2.03. The van der Waals surface area contributed by atoms with E-state index in [1.165, 1.54) is 0 Å². The van der Waals surface area contributed by atoms with Crippen molar-refractivity contribution >= 4 is 10.9 Å². The number of aryl methyl sites for hydroxylation is 1. The molecular weight excluding hydrogens is 172 g/mol. The Bertz CT molecular complexity index is 509. The molecule has 1 aromatic heterocycles. The fraction of sp³-hybridized carbons (Fsp3) is 0.167. The molecule has 0 radical (unpaired) electrons. The molecule has 0 aliphatic rings. The molecule has 0 bridgehead atoms. The third-order valence-electron chi connectivity index (χ3n) is 2.33. The Hall–Kier alpha value is -1.88. The van der Waals surface area contributed by atoms with Crippen LogP contribution in [-0.4, -0.2) is 4.98 Å². The Morgan fingerprint density at radius 1 is 1.36 bits per heavy atom. The highest BCUT2D eigenvalue weighted by molar-refractivity contribution is 5.84. The Kier molecular flexibility index (Phi) is 2.16. The predicted octanol–water partition coefficient (Wildman–Crippen LogP) is 2.61. The van der Waals surface area contributed by atoms with Crippen LogP contribution in [0.1, 0.15) is 11.1 Å². The molecule has 0 N–H and O–H groups in total. The lowest BCUT2D eigenvalue weighted by molar-refractivity contribution is 1.25. The summed E-state index contributed by atoms with van der Waals surface area (Å²) in [5.41, 5.74) is 3.21. The van der Waals surface area contributed by atoms with Crippen molar-refractivity contribution < 1.29 is 0 Å². The van der Waals surface area contributed by atoms with Gasteiger partial charge in [0.1, 0.15) is 0 Å². The number of fused-ring (bicyclic) bond motifs is 1. The van der Waals surface area contributed by atoms with Gasteiger partial charge >= 0.3 is 0 Å². The molecule has 0 aliphatic carbocycles. The van der Waals surface area contributed by atoms with Crippen molar-refractivity contribution in [3.8, 4) is 6.07 Å². The lowest BCUT2D eigenvalue weighted by atomic mass is 10.0. The second kappa shape index (κ2) is 3.47. The Labute approximate surface area is 82.8 Å². The third-order valence-corrected chi connectivity index (χ3v) is 2.33. The molecule has 0 fully saturated rings. The lowest BCUT2D eigenvalue weighted by Crippen LogP contribution is -1.89. The monoisotopic (exact) mass is 182 g/mol. The number of nitriles is 1. The number of benzene rings is 1. The first-order chi connectivity index (χ1) is 6.83. The van der Waals surface area contributed by atoms with Crippen LogP contribution in [0.15, 0.2) is 30.5 Å². The largest absolute Gasteiger partial charge is 0.256 e. The topological polar surface area (TPSA) is 36.7 Å². The number of aromatic nitrogens is 1. The highest BCUT2D eigenvalue weighted by Crippen LogP contribution is 2.19. The second-order valence-corrected chi connectivity index (χ2v) is 3.28. The molecule has 0 spiro atoms. The van der Waals surface area contributed by atoms with Gasteiger partial charge in [0, 0.05) is 11.6 Å². The summed E-state index contributed by atoms with van der Waals surface area (Å²) in [5.74, 6) is 0. The van der Waals surface area contributed by atoms with Crippen molar-refractivity contribution in [1.82, 2.24) is 4.98 Å². The van der Waals surface area contributed by atoms with Crippen LogP contribution in [0, 0.1) is 18.3 Å². The van der Waals surface area contributed by atoms with Crippen LogP contribution in [-0.2, 0) is 6.42 Å². The van der Waals surface area contributed by atoms with Crippen LogP contribution >= 0.6 is 0 Å². The molecule has 2 aromatic rings. The van der Waals surface area contributed by atoms with Gasteiger partial charge in [0.2, 0.25) is 0 Å². The summed E-state index contributed by atoms with van der Waals surface area (Å²) < 4.78 is 0. The second-order valence-electron chi connectivity index (χ2n) is 3.28. The van der Waals surface area contributed by atoms with Crippen molar-refractivity contribution in [3.05, 3.63) is 41.6 Å². The van der Waals surface area contributed by atoms with Gasteiger partial charge in [0.15, 0.2) is 0 Å². The number of nitrogens with zero attached hydrogens (tertiary/aromatic N) is 2. The maximum absolute atomic E-state index is 8.68. The number of pyridine rings is 1. The van der Waals surface area contributed by atoms with Gasteiger partial charge in [-0.15, -0.1) is 0 Å². The average Bonchev–Trinajstić information content (AvgIpc) is 2.20. The Morgan fingerprint density at radius 3 is 3.00 bits per heavy atom. The van der Waals surface area contributed by atoms with Gasteiger partial charge in [-0.3, -0.25) is 4.98 Å². The molecule has 14 heavy (non-hydrogen) atoms. The van der Waals surface area contributed by atoms with E-state index in [1.54, 1.807) is 6.20 Å². The molecule has 0 amide bonds. The van der Waals surface area contributed by atoms with E-state index in [-0.39, 0.29) is 0 Å². The first-order valence-corrected chi connectivity index (χ1v) is 4.53. The van der Waals surface area contributed by atoms with Crippen molar-refractivity contribution in [2.45, 2.75) is 13.3 Å². The van der Waals surface area contributed by atoms with Crippen LogP contribution in [0.5, 0.6) is 0 Å². The van der Waals surface area contributed by atoms with E-state index in [4.69, 9.17) is 5.26 Å². The molecule has 68 valence electrons. The van der Waals surface area contributed by atoms with Crippen LogP contribution in [0.4, 0.5) is 0 Å². The minimum absolute atomic E-state index is 0.447. The number of hydrogen-bond donors (Lipinski definition) is 0. The summed E-state index contributed by atoms with van der Waals surface area (Å²) in [6, 6.07) is 10.1. The standard InChI is InChI=1S/C12H10N2/c1-9-3-2-4-11-10(5-7-13)6-8-14-12(9)11/h2-4,6,8H,5H2,1H3. The summed E-state index contributed by atoms with van der Waals surface area (Å²) >= 11 is 0. The molecule has 2 rings (SSSR count). The van der Waals surface area contributed by atoms with Gasteiger partial charge in [0.05, 0.1) is 18.0 Å². The van der Waals surface area contributed by atoms with Crippen LogP contribution < -0.4 is 0 Å². The van der Waals surface area contributed by atoms with Crippen LogP contribution in [0.3, 0.4) is 0 Å². The molecule has 2 heteroatoms. The average molecular weight is 182 g/mol. The quantitative estimate of drug-likeness (QED) is 0.679. The van der Waals surface area contributed by atoms with Gasteiger partial charge in [-0.2, -0.15) is 5.26 Å². The SMILES string of the molecule is Cc1cccc2c(CC#N)ccnc12. The Morgan fingerprint density at radius 2 is 2.21 bits per heavy atom. The van der Waals surface area contributed by atoms with Gasteiger partial charge in [0.25, 0.3) is 0 Å². The number of hydrogen-bond acceptors (Lipinski definition) is 2. The van der Waals surface area contributed by atoms with Crippen LogP contribution in [0.2, 0.25) is 0 Å². The molecule has 0 unspecified atom stereocenters. The van der Waals surface area contributed by atoms with E-state index in [0.717, 1.165) is 22.0 Å². The smallest absolute Gasteiger partial charge is 0.0734 e. The zero-order valence-electron chi connectivity index (χ0n) is 7.99. The summed E-state index contributed by atoms with van der Waals surface area (Å²) in [7, 11) is 0. The zero-order valence-corrected chi connectivity index (χ0v) is 7.99. The molecule has 2 nitrogen and oxygen atoms in total. The summed E-state index contributed by atoms with van der Waals surface area (Å²) in [6.07, 6.45) is 2.21. The fourth-order valence-electron chi connectivity index (χ4n) is 1.62. The molecule has 0 atom stereocenters. The maximum Gasteiger partial charge on any atom is 0.0734 e. The molecule has 1 heterocycles. The van der Waals surface area contributed by atoms with Crippen molar-refractivity contribution in [2.24, 2.45) is 0 Å². The highest BCUT2D eigenvalue weighted by Gasteiger charge is 2.02. The molecule has 1 aromatic carbocycles. The number of para-hydroxylation sites is 1. The van der Waals surface area contributed by atoms with Gasteiger partial charge in [-0.25, -0.2) is 0 Å². The van der Waals surface area contributed by atoms with Crippen molar-refractivity contribution in [2.75, 3.05) is 0 Å². The lowest BCUT2D eigenvalue weighted by Gasteiger charge is -2.03. The fourth-order valence-corrected chi connectivity index (χ4v) is 1.62. The summed E-state index contributed by atoms with van der Waals surface area (Å²) in [4.78, 5) is 4.31. The van der Waals surface area contributed by atoms with E-state index in [2.05, 4.69) is 11.1 Å². The first kappa shape index (κ1) is 8.71. The van der Waals surface area contributed by atoms with E-state index in [1.807, 2.05) is 31.2 Å². The molecule has 0 saturated heterocycles. The van der Waals surface area contributed by atoms with Gasteiger partial charge in [-0.1, -0.05) is 18.2 Å². The van der Waals surface area contributed by atoms with Gasteiger partial charge < -0.3 is 0 Å². The van der Waals surface area contributed by atoms with Gasteiger partial charge in [-0.05, 0) is 24.1 Å². The predicted molar refractivity (Wildman–Crippen MR) is 55.8 cm³/mol. The van der Waals surface area contributed by atoms with Crippen LogP contribution in [0.25, 0.3) is 10.9 Å². The maximum atomic E-state index is 8.68. The van der Waals surface area contributed by atoms with E-state index >= 15 is 0 Å². The number of rotatable bonds is 1. The molecule has 0 aliphatic heterocycles. The zero-order chi connectivity index (χ0) is 9.97. The van der Waals surface area contributed by atoms with E-state index in [9.17, 15) is 0 Å². The Balaban J connectivity index is 2.76. The van der Waals surface area contributed by atoms with E-state index in [0.29, 0.717) is 6.42 Å².